The molecular weight excluding hydrogens is 204 g/mol. The monoisotopic (exact) mass is 228 g/mol. The fourth-order valence-corrected chi connectivity index (χ4v) is 1.97. The van der Waals surface area contributed by atoms with Crippen molar-refractivity contribution in [1.82, 2.24) is 10.2 Å². The number of piperidine rings is 1. The minimum absolute atomic E-state index is 0.104. The van der Waals surface area contributed by atoms with Crippen molar-refractivity contribution in [1.29, 1.82) is 0 Å². The SMILES string of the molecule is CCOC(=O)CCNCCN1CCCCC1. The van der Waals surface area contributed by atoms with Gasteiger partial charge in [0.25, 0.3) is 0 Å². The maximum Gasteiger partial charge on any atom is 0.307 e. The van der Waals surface area contributed by atoms with E-state index in [9.17, 15) is 4.79 Å². The van der Waals surface area contributed by atoms with Crippen molar-refractivity contribution in [2.24, 2.45) is 0 Å². The van der Waals surface area contributed by atoms with Crippen LogP contribution in [0.25, 0.3) is 0 Å². The zero-order valence-electron chi connectivity index (χ0n) is 10.3. The number of rotatable bonds is 7. The number of nitrogens with zero attached hydrogens (tertiary/aromatic N) is 1. The molecule has 0 aliphatic carbocycles. The normalized spacial score (nSPS) is 17.3. The van der Waals surface area contributed by atoms with Gasteiger partial charge in [-0.15, -0.1) is 0 Å². The average molecular weight is 228 g/mol. The molecule has 0 aromatic carbocycles. The second kappa shape index (κ2) is 8.53. The summed E-state index contributed by atoms with van der Waals surface area (Å²) >= 11 is 0. The second-order valence-corrected chi connectivity index (χ2v) is 4.21. The van der Waals surface area contributed by atoms with Crippen LogP contribution in [-0.4, -0.2) is 50.2 Å². The molecule has 0 radical (unpaired) electrons. The van der Waals surface area contributed by atoms with Crippen LogP contribution in [0.2, 0.25) is 0 Å². The van der Waals surface area contributed by atoms with Crippen molar-refractivity contribution in [3.63, 3.8) is 0 Å². The van der Waals surface area contributed by atoms with E-state index in [1.807, 2.05) is 6.92 Å². The van der Waals surface area contributed by atoms with E-state index in [2.05, 4.69) is 10.2 Å². The number of nitrogens with one attached hydrogen (secondary N) is 1. The van der Waals surface area contributed by atoms with Gasteiger partial charge in [0, 0.05) is 19.6 Å². The fraction of sp³-hybridized carbons (Fsp3) is 0.917. The topological polar surface area (TPSA) is 41.6 Å². The quantitative estimate of drug-likeness (QED) is 0.522. The molecule has 1 rings (SSSR count). The highest BCUT2D eigenvalue weighted by molar-refractivity contribution is 5.69. The summed E-state index contributed by atoms with van der Waals surface area (Å²) in [7, 11) is 0. The van der Waals surface area contributed by atoms with Crippen molar-refractivity contribution in [3.05, 3.63) is 0 Å². The van der Waals surface area contributed by atoms with Crippen molar-refractivity contribution in [2.45, 2.75) is 32.6 Å². The van der Waals surface area contributed by atoms with Gasteiger partial charge in [-0.05, 0) is 32.9 Å². The van der Waals surface area contributed by atoms with Gasteiger partial charge in [0.2, 0.25) is 0 Å². The number of esters is 1. The molecule has 0 saturated carbocycles. The first-order valence-electron chi connectivity index (χ1n) is 6.41. The smallest absolute Gasteiger partial charge is 0.307 e. The number of hydrogen-bond acceptors (Lipinski definition) is 4. The average Bonchev–Trinajstić information content (AvgIpc) is 2.30. The summed E-state index contributed by atoms with van der Waals surface area (Å²) in [4.78, 5) is 13.5. The number of hydrogen-bond donors (Lipinski definition) is 1. The molecule has 1 saturated heterocycles. The molecule has 4 nitrogen and oxygen atoms in total. The molecule has 94 valence electrons. The molecule has 1 heterocycles. The molecule has 16 heavy (non-hydrogen) atoms. The van der Waals surface area contributed by atoms with Crippen LogP contribution >= 0.6 is 0 Å². The zero-order valence-corrected chi connectivity index (χ0v) is 10.3. The van der Waals surface area contributed by atoms with E-state index >= 15 is 0 Å². The Morgan fingerprint density at radius 1 is 1.25 bits per heavy atom. The maximum atomic E-state index is 11.0. The number of carbonyl (C=O) groups is 1. The Labute approximate surface area is 98.3 Å². The van der Waals surface area contributed by atoms with Crippen molar-refractivity contribution in [2.75, 3.05) is 39.3 Å². The van der Waals surface area contributed by atoms with E-state index in [1.54, 1.807) is 0 Å². The minimum Gasteiger partial charge on any atom is -0.466 e. The van der Waals surface area contributed by atoms with Crippen LogP contribution in [0, 0.1) is 0 Å². The Hall–Kier alpha value is -0.610. The minimum atomic E-state index is -0.104. The summed E-state index contributed by atoms with van der Waals surface area (Å²) in [5.74, 6) is -0.104. The lowest BCUT2D eigenvalue weighted by molar-refractivity contribution is -0.142. The van der Waals surface area contributed by atoms with Crippen LogP contribution in [0.1, 0.15) is 32.6 Å². The fourth-order valence-electron chi connectivity index (χ4n) is 1.97. The molecule has 0 amide bonds. The van der Waals surface area contributed by atoms with Gasteiger partial charge in [-0.3, -0.25) is 4.79 Å². The van der Waals surface area contributed by atoms with E-state index in [0.717, 1.165) is 19.6 Å². The Bertz CT molecular complexity index is 191. The van der Waals surface area contributed by atoms with Gasteiger partial charge in [0.15, 0.2) is 0 Å². The van der Waals surface area contributed by atoms with Gasteiger partial charge in [-0.25, -0.2) is 0 Å². The molecule has 1 fully saturated rings. The highest BCUT2D eigenvalue weighted by Gasteiger charge is 2.08. The predicted octanol–water partition coefficient (Wildman–Crippen LogP) is 1.02. The summed E-state index contributed by atoms with van der Waals surface area (Å²) in [5, 5.41) is 3.28. The molecule has 0 bridgehead atoms. The van der Waals surface area contributed by atoms with Crippen LogP contribution < -0.4 is 5.32 Å². The molecule has 0 spiro atoms. The van der Waals surface area contributed by atoms with Gasteiger partial charge >= 0.3 is 5.97 Å². The summed E-state index contributed by atoms with van der Waals surface area (Å²) in [6, 6.07) is 0. The third-order valence-electron chi connectivity index (χ3n) is 2.86. The summed E-state index contributed by atoms with van der Waals surface area (Å²) in [6.07, 6.45) is 4.53. The molecule has 0 atom stereocenters. The van der Waals surface area contributed by atoms with Crippen LogP contribution in [0.4, 0.5) is 0 Å². The molecule has 0 aromatic rings. The highest BCUT2D eigenvalue weighted by atomic mass is 16.5. The lowest BCUT2D eigenvalue weighted by Gasteiger charge is -2.26. The van der Waals surface area contributed by atoms with Gasteiger partial charge in [0.1, 0.15) is 0 Å². The number of ether oxygens (including phenoxy) is 1. The van der Waals surface area contributed by atoms with E-state index in [4.69, 9.17) is 4.74 Å². The number of carbonyl (C=O) groups excluding carboxylic acids is 1. The first-order valence-corrected chi connectivity index (χ1v) is 6.41. The second-order valence-electron chi connectivity index (χ2n) is 4.21. The summed E-state index contributed by atoms with van der Waals surface area (Å²) in [5.41, 5.74) is 0. The highest BCUT2D eigenvalue weighted by Crippen LogP contribution is 2.07. The Balaban J connectivity index is 1.89. The Morgan fingerprint density at radius 3 is 2.69 bits per heavy atom. The molecule has 0 unspecified atom stereocenters. The maximum absolute atomic E-state index is 11.0. The first kappa shape index (κ1) is 13.5. The largest absolute Gasteiger partial charge is 0.466 e. The molecule has 1 aliphatic heterocycles. The summed E-state index contributed by atoms with van der Waals surface area (Å²) < 4.78 is 4.85. The van der Waals surface area contributed by atoms with Gasteiger partial charge in [0.05, 0.1) is 13.0 Å². The van der Waals surface area contributed by atoms with Crippen molar-refractivity contribution < 1.29 is 9.53 Å². The Morgan fingerprint density at radius 2 is 2.00 bits per heavy atom. The van der Waals surface area contributed by atoms with E-state index < -0.39 is 0 Å². The standard InChI is InChI=1S/C12H24N2O2/c1-2-16-12(15)6-7-13-8-11-14-9-4-3-5-10-14/h13H,2-11H2,1H3. The van der Waals surface area contributed by atoms with Gasteiger partial charge in [-0.1, -0.05) is 6.42 Å². The van der Waals surface area contributed by atoms with Gasteiger partial charge < -0.3 is 15.0 Å². The van der Waals surface area contributed by atoms with Crippen LogP contribution in [0.3, 0.4) is 0 Å². The van der Waals surface area contributed by atoms with Crippen molar-refractivity contribution >= 4 is 5.97 Å². The van der Waals surface area contributed by atoms with Crippen molar-refractivity contribution in [3.8, 4) is 0 Å². The third-order valence-corrected chi connectivity index (χ3v) is 2.86. The van der Waals surface area contributed by atoms with Crippen LogP contribution in [0.15, 0.2) is 0 Å². The number of likely N-dealkylation sites (tertiary alicyclic amines) is 1. The Kier molecular flexibility index (Phi) is 7.17. The molecule has 1 N–H and O–H groups in total. The lowest BCUT2D eigenvalue weighted by Crippen LogP contribution is -2.36. The van der Waals surface area contributed by atoms with Crippen LogP contribution in [-0.2, 0) is 9.53 Å². The molecule has 1 aliphatic rings. The van der Waals surface area contributed by atoms with Crippen LogP contribution in [0.5, 0.6) is 0 Å². The molecule has 0 aromatic heterocycles. The third kappa shape index (κ3) is 6.08. The summed E-state index contributed by atoms with van der Waals surface area (Å²) in [6.45, 7) is 7.59. The van der Waals surface area contributed by atoms with E-state index in [1.165, 1.54) is 32.4 Å². The van der Waals surface area contributed by atoms with E-state index in [0.29, 0.717) is 13.0 Å². The van der Waals surface area contributed by atoms with E-state index in [-0.39, 0.29) is 5.97 Å². The molecular formula is C12H24N2O2. The molecule has 4 heteroatoms. The van der Waals surface area contributed by atoms with Gasteiger partial charge in [-0.2, -0.15) is 0 Å². The first-order chi connectivity index (χ1) is 7.83. The lowest BCUT2D eigenvalue weighted by atomic mass is 10.1. The predicted molar refractivity (Wildman–Crippen MR) is 64.4 cm³/mol. The zero-order chi connectivity index (χ0) is 11.6.